The monoisotopic (exact) mass is 266 g/mol. The van der Waals surface area contributed by atoms with Crippen molar-refractivity contribution < 1.29 is 24.9 Å². The van der Waals surface area contributed by atoms with Gasteiger partial charge in [0, 0.05) is 0 Å². The maximum atomic E-state index is 10.9. The molecule has 0 aliphatic rings. The van der Waals surface area contributed by atoms with Crippen LogP contribution in [0.1, 0.15) is 30.9 Å². The number of benzene rings is 1. The van der Waals surface area contributed by atoms with Gasteiger partial charge in [0.1, 0.15) is 5.75 Å². The van der Waals surface area contributed by atoms with Crippen LogP contribution in [0.2, 0.25) is 0 Å². The molecule has 0 unspecified atom stereocenters. The summed E-state index contributed by atoms with van der Waals surface area (Å²) in [5, 5.41) is 27.2. The van der Waals surface area contributed by atoms with Crippen LogP contribution in [0, 0.1) is 5.92 Å². The first-order valence-electron chi connectivity index (χ1n) is 6.22. The van der Waals surface area contributed by atoms with Crippen molar-refractivity contribution >= 4 is 11.9 Å². The van der Waals surface area contributed by atoms with Crippen molar-refractivity contribution in [1.82, 2.24) is 0 Å². The Balaban J connectivity index is 2.98. The quantitative estimate of drug-likeness (QED) is 0.657. The Bertz CT molecular complexity index is 453. The van der Waals surface area contributed by atoms with E-state index in [0.29, 0.717) is 12.0 Å². The van der Waals surface area contributed by atoms with Gasteiger partial charge in [-0.1, -0.05) is 19.4 Å². The van der Waals surface area contributed by atoms with Gasteiger partial charge in [-0.05, 0) is 42.5 Å². The first kappa shape index (κ1) is 15.0. The number of carboxylic acid groups (broad SMARTS) is 2. The highest BCUT2D eigenvalue weighted by Gasteiger charge is 2.26. The van der Waals surface area contributed by atoms with E-state index in [4.69, 9.17) is 10.2 Å². The second-order valence-corrected chi connectivity index (χ2v) is 4.49. The van der Waals surface area contributed by atoms with Crippen LogP contribution in [0.25, 0.3) is 0 Å². The smallest absolute Gasteiger partial charge is 0.318 e. The van der Waals surface area contributed by atoms with Crippen molar-refractivity contribution in [3.05, 3.63) is 29.3 Å². The van der Waals surface area contributed by atoms with Gasteiger partial charge in [0.25, 0.3) is 0 Å². The Morgan fingerprint density at radius 3 is 2.32 bits per heavy atom. The summed E-state index contributed by atoms with van der Waals surface area (Å²) in [5.41, 5.74) is 1.48. The number of aliphatic carboxylic acids is 2. The average Bonchev–Trinajstić information content (AvgIpc) is 2.34. The number of aromatic hydroxyl groups is 1. The van der Waals surface area contributed by atoms with E-state index in [0.717, 1.165) is 18.4 Å². The van der Waals surface area contributed by atoms with Crippen LogP contribution in [-0.2, 0) is 22.4 Å². The van der Waals surface area contributed by atoms with Crippen LogP contribution in [0.15, 0.2) is 18.2 Å². The summed E-state index contributed by atoms with van der Waals surface area (Å²) < 4.78 is 0. The zero-order valence-electron chi connectivity index (χ0n) is 10.8. The lowest BCUT2D eigenvalue weighted by atomic mass is 9.93. The molecule has 5 heteroatoms. The van der Waals surface area contributed by atoms with Gasteiger partial charge >= 0.3 is 11.9 Å². The summed E-state index contributed by atoms with van der Waals surface area (Å²) in [4.78, 5) is 21.8. The lowest BCUT2D eigenvalue weighted by molar-refractivity contribution is -0.154. The highest BCUT2D eigenvalue weighted by molar-refractivity contribution is 5.93. The van der Waals surface area contributed by atoms with Crippen molar-refractivity contribution in [3.63, 3.8) is 0 Å². The zero-order valence-corrected chi connectivity index (χ0v) is 10.8. The van der Waals surface area contributed by atoms with Gasteiger partial charge in [0.05, 0.1) is 0 Å². The molecule has 0 bridgehead atoms. The van der Waals surface area contributed by atoms with Crippen LogP contribution < -0.4 is 0 Å². The van der Waals surface area contributed by atoms with E-state index in [1.165, 1.54) is 6.07 Å². The second-order valence-electron chi connectivity index (χ2n) is 4.49. The molecule has 19 heavy (non-hydrogen) atoms. The lowest BCUT2D eigenvalue weighted by Gasteiger charge is -2.12. The van der Waals surface area contributed by atoms with Crippen molar-refractivity contribution in [3.8, 4) is 5.75 Å². The van der Waals surface area contributed by atoms with E-state index in [1.807, 2.05) is 6.92 Å². The predicted octanol–water partition coefficient (Wildman–Crippen LogP) is 2.06. The van der Waals surface area contributed by atoms with Gasteiger partial charge in [0.2, 0.25) is 0 Å². The van der Waals surface area contributed by atoms with Crippen LogP contribution in [0.4, 0.5) is 0 Å². The molecule has 104 valence electrons. The average molecular weight is 266 g/mol. The number of carboxylic acids is 2. The largest absolute Gasteiger partial charge is 0.508 e. The van der Waals surface area contributed by atoms with Gasteiger partial charge in [-0.15, -0.1) is 0 Å². The minimum atomic E-state index is -1.45. The Hall–Kier alpha value is -2.04. The maximum absolute atomic E-state index is 10.9. The van der Waals surface area contributed by atoms with E-state index in [9.17, 15) is 14.7 Å². The number of hydrogen-bond donors (Lipinski definition) is 3. The standard InChI is InChI=1S/C14H18O5/c1-2-3-4-9-7-11(15)6-5-10(9)8-12(13(16)17)14(18)19/h5-7,12,15H,2-4,8H2,1H3,(H,16,17)(H,18,19). The van der Waals surface area contributed by atoms with Crippen molar-refractivity contribution in [2.24, 2.45) is 5.92 Å². The first-order valence-corrected chi connectivity index (χ1v) is 6.22. The van der Waals surface area contributed by atoms with Gasteiger partial charge in [-0.3, -0.25) is 9.59 Å². The van der Waals surface area contributed by atoms with Crippen LogP contribution in [0.5, 0.6) is 5.75 Å². The first-order chi connectivity index (χ1) is 8.95. The third-order valence-electron chi connectivity index (χ3n) is 3.01. The molecule has 0 saturated heterocycles. The number of rotatable bonds is 7. The highest BCUT2D eigenvalue weighted by Crippen LogP contribution is 2.22. The summed E-state index contributed by atoms with van der Waals surface area (Å²) in [6, 6.07) is 4.62. The molecule has 1 aromatic carbocycles. The second kappa shape index (κ2) is 6.78. The van der Waals surface area contributed by atoms with Crippen molar-refractivity contribution in [1.29, 1.82) is 0 Å². The Morgan fingerprint density at radius 1 is 1.16 bits per heavy atom. The summed E-state index contributed by atoms with van der Waals surface area (Å²) >= 11 is 0. The van der Waals surface area contributed by atoms with Crippen LogP contribution >= 0.6 is 0 Å². The third kappa shape index (κ3) is 4.28. The third-order valence-corrected chi connectivity index (χ3v) is 3.01. The number of hydrogen-bond acceptors (Lipinski definition) is 3. The normalized spacial score (nSPS) is 10.6. The minimum Gasteiger partial charge on any atom is -0.508 e. The number of carbonyl (C=O) groups is 2. The van der Waals surface area contributed by atoms with Crippen LogP contribution in [0.3, 0.4) is 0 Å². The van der Waals surface area contributed by atoms with Gasteiger partial charge in [-0.2, -0.15) is 0 Å². The Kier molecular flexibility index (Phi) is 5.36. The molecule has 0 heterocycles. The predicted molar refractivity (Wildman–Crippen MR) is 69.2 cm³/mol. The molecule has 0 aromatic heterocycles. The number of phenols is 1. The summed E-state index contributed by atoms with van der Waals surface area (Å²) in [5.74, 6) is -4.04. The highest BCUT2D eigenvalue weighted by atomic mass is 16.4. The van der Waals surface area contributed by atoms with E-state index in [1.54, 1.807) is 12.1 Å². The molecule has 0 spiro atoms. The Labute approximate surface area is 111 Å². The summed E-state index contributed by atoms with van der Waals surface area (Å²) in [6.45, 7) is 2.03. The molecule has 0 aliphatic heterocycles. The molecule has 0 atom stereocenters. The fourth-order valence-corrected chi connectivity index (χ4v) is 1.91. The summed E-state index contributed by atoms with van der Waals surface area (Å²) in [6.07, 6.45) is 2.51. The number of unbranched alkanes of at least 4 members (excludes halogenated alkanes) is 1. The fourth-order valence-electron chi connectivity index (χ4n) is 1.91. The van der Waals surface area contributed by atoms with Crippen molar-refractivity contribution in [2.75, 3.05) is 0 Å². The van der Waals surface area contributed by atoms with Gasteiger partial charge < -0.3 is 15.3 Å². The Morgan fingerprint density at radius 2 is 1.79 bits per heavy atom. The van der Waals surface area contributed by atoms with E-state index in [2.05, 4.69) is 0 Å². The molecule has 1 aromatic rings. The maximum Gasteiger partial charge on any atom is 0.318 e. The van der Waals surface area contributed by atoms with E-state index in [-0.39, 0.29) is 12.2 Å². The molecule has 0 radical (unpaired) electrons. The number of aryl methyl sites for hydroxylation is 1. The molecular weight excluding hydrogens is 248 g/mol. The molecule has 5 nitrogen and oxygen atoms in total. The molecule has 1 rings (SSSR count). The minimum absolute atomic E-state index is 0.0655. The molecule has 0 aliphatic carbocycles. The zero-order chi connectivity index (χ0) is 14.4. The van der Waals surface area contributed by atoms with E-state index < -0.39 is 17.9 Å². The molecule has 0 saturated carbocycles. The number of phenolic OH excluding ortho intramolecular Hbond substituents is 1. The summed E-state index contributed by atoms with van der Waals surface area (Å²) in [7, 11) is 0. The molecule has 3 N–H and O–H groups in total. The van der Waals surface area contributed by atoms with Crippen LogP contribution in [-0.4, -0.2) is 27.3 Å². The van der Waals surface area contributed by atoms with Gasteiger partial charge in [0.15, 0.2) is 5.92 Å². The fraction of sp³-hybridized carbons (Fsp3) is 0.429. The molecule has 0 amide bonds. The topological polar surface area (TPSA) is 94.8 Å². The molecular formula is C14H18O5. The lowest BCUT2D eigenvalue weighted by Crippen LogP contribution is -2.25. The molecule has 0 fully saturated rings. The SMILES string of the molecule is CCCCc1cc(O)ccc1CC(C(=O)O)C(=O)O. The van der Waals surface area contributed by atoms with Gasteiger partial charge in [-0.25, -0.2) is 0 Å². The van der Waals surface area contributed by atoms with E-state index >= 15 is 0 Å². The van der Waals surface area contributed by atoms with Crippen molar-refractivity contribution in [2.45, 2.75) is 32.6 Å².